The fraction of sp³-hybridized carbons (Fsp3) is 0. The Hall–Kier alpha value is -1.35. The van der Waals surface area contributed by atoms with Gasteiger partial charge in [-0.3, -0.25) is 0 Å². The standard InChI is InChI=1S/C14H11O2S.Cu/c15-17(16,14-9-5-2-6-10-14)12-11-13-7-3-1-4-8-13;/h1-11H;/q-1;+1. The number of rotatable bonds is 3. The molecule has 0 aliphatic carbocycles. The van der Waals surface area contributed by atoms with Crippen molar-refractivity contribution in [3.8, 4) is 0 Å². The van der Waals surface area contributed by atoms with E-state index in [1.54, 1.807) is 30.3 Å². The number of hydrogen-bond acceptors (Lipinski definition) is 2. The third-order valence-electron chi connectivity index (χ3n) is 2.23. The predicted octanol–water partition coefficient (Wildman–Crippen LogP) is 2.93. The molecule has 0 aliphatic rings. The Morgan fingerprint density at radius 1 is 0.833 bits per heavy atom. The summed E-state index contributed by atoms with van der Waals surface area (Å²) in [6, 6.07) is 17.5. The van der Waals surface area contributed by atoms with Gasteiger partial charge in [0.25, 0.3) is 0 Å². The molecule has 0 fully saturated rings. The van der Waals surface area contributed by atoms with E-state index < -0.39 is 9.84 Å². The monoisotopic (exact) mass is 306 g/mol. The van der Waals surface area contributed by atoms with E-state index in [1.165, 1.54) is 6.08 Å². The van der Waals surface area contributed by atoms with Crippen LogP contribution in [0.5, 0.6) is 0 Å². The van der Waals surface area contributed by atoms with E-state index >= 15 is 0 Å². The zero-order valence-corrected chi connectivity index (χ0v) is 11.1. The van der Waals surface area contributed by atoms with E-state index in [0.717, 1.165) is 5.56 Å². The summed E-state index contributed by atoms with van der Waals surface area (Å²) in [5.41, 5.74) is 0.812. The van der Waals surface area contributed by atoms with Crippen LogP contribution in [-0.2, 0) is 26.9 Å². The molecule has 0 aromatic heterocycles. The molecule has 0 atom stereocenters. The molecule has 18 heavy (non-hydrogen) atoms. The van der Waals surface area contributed by atoms with Crippen molar-refractivity contribution in [2.24, 2.45) is 0 Å². The predicted molar refractivity (Wildman–Crippen MR) is 67.8 cm³/mol. The Balaban J connectivity index is 0.00000162. The molecule has 2 rings (SSSR count). The van der Waals surface area contributed by atoms with Crippen molar-refractivity contribution in [3.63, 3.8) is 0 Å². The number of benzene rings is 2. The van der Waals surface area contributed by atoms with Crippen LogP contribution in [0.25, 0.3) is 6.08 Å². The van der Waals surface area contributed by atoms with Gasteiger partial charge in [0.05, 0.1) is 4.90 Å². The van der Waals surface area contributed by atoms with Gasteiger partial charge in [0.1, 0.15) is 9.84 Å². The Morgan fingerprint density at radius 2 is 1.33 bits per heavy atom. The zero-order chi connectivity index (χ0) is 12.1. The van der Waals surface area contributed by atoms with Gasteiger partial charge in [0, 0.05) is 0 Å². The summed E-state index contributed by atoms with van der Waals surface area (Å²) in [6.45, 7) is 0. The van der Waals surface area contributed by atoms with Crippen LogP contribution in [0.2, 0.25) is 0 Å². The van der Waals surface area contributed by atoms with Crippen molar-refractivity contribution >= 4 is 15.9 Å². The van der Waals surface area contributed by atoms with E-state index in [9.17, 15) is 8.42 Å². The molecule has 0 amide bonds. The Kier molecular flexibility index (Phi) is 5.35. The van der Waals surface area contributed by atoms with Crippen LogP contribution < -0.4 is 0 Å². The average Bonchev–Trinajstić information content (AvgIpc) is 2.39. The first-order valence-electron chi connectivity index (χ1n) is 5.14. The van der Waals surface area contributed by atoms with Gasteiger partial charge < -0.3 is 0 Å². The summed E-state index contributed by atoms with van der Waals surface area (Å²) in [6.07, 6.45) is 1.47. The van der Waals surface area contributed by atoms with Crippen molar-refractivity contribution in [1.82, 2.24) is 0 Å². The van der Waals surface area contributed by atoms with Gasteiger partial charge in [-0.1, -0.05) is 36.4 Å². The third kappa shape index (κ3) is 3.84. The minimum atomic E-state index is -3.46. The molecule has 0 radical (unpaired) electrons. The Labute approximate surface area is 118 Å². The van der Waals surface area contributed by atoms with E-state index in [1.807, 2.05) is 30.3 Å². The molecule has 0 aliphatic heterocycles. The van der Waals surface area contributed by atoms with Crippen LogP contribution in [0, 0.1) is 5.41 Å². The molecule has 0 heterocycles. The molecule has 4 heteroatoms. The molecule has 0 spiro atoms. The van der Waals surface area contributed by atoms with Crippen LogP contribution in [0.4, 0.5) is 0 Å². The fourth-order valence-corrected chi connectivity index (χ4v) is 2.31. The smallest absolute Gasteiger partial charge is 0.239 e. The fourth-order valence-electron chi connectivity index (χ4n) is 1.36. The Bertz CT molecular complexity index is 605. The maximum absolute atomic E-state index is 11.9. The van der Waals surface area contributed by atoms with E-state index in [-0.39, 0.29) is 22.0 Å². The topological polar surface area (TPSA) is 34.1 Å². The van der Waals surface area contributed by atoms with Crippen LogP contribution >= 0.6 is 0 Å². The maximum atomic E-state index is 11.9. The molecular weight excluding hydrogens is 296 g/mol. The second-order valence-electron chi connectivity index (χ2n) is 3.49. The van der Waals surface area contributed by atoms with Gasteiger partial charge in [-0.25, -0.2) is 14.5 Å². The van der Waals surface area contributed by atoms with Crippen molar-refractivity contribution in [3.05, 3.63) is 71.6 Å². The SMILES string of the molecule is O=S(=O)([C-]=Cc1ccccc1)c1ccccc1.[Cu+]. The van der Waals surface area contributed by atoms with Gasteiger partial charge in [0.2, 0.25) is 0 Å². The van der Waals surface area contributed by atoms with Crippen molar-refractivity contribution in [2.45, 2.75) is 4.90 Å². The van der Waals surface area contributed by atoms with Gasteiger partial charge in [-0.05, 0) is 12.1 Å². The maximum Gasteiger partial charge on any atom is 1.00 e. The second-order valence-corrected chi connectivity index (χ2v) is 5.20. The van der Waals surface area contributed by atoms with Crippen molar-refractivity contribution in [2.75, 3.05) is 0 Å². The molecule has 2 aromatic rings. The summed E-state index contributed by atoms with van der Waals surface area (Å²) < 4.78 is 23.7. The van der Waals surface area contributed by atoms with Crippen LogP contribution in [0.15, 0.2) is 65.6 Å². The third-order valence-corrected chi connectivity index (χ3v) is 3.55. The summed E-state index contributed by atoms with van der Waals surface area (Å²) in [5, 5.41) is 2.44. The quantitative estimate of drug-likeness (QED) is 0.645. The largest absolute Gasteiger partial charge is 1.00 e. The average molecular weight is 307 g/mol. The number of sulfone groups is 1. The van der Waals surface area contributed by atoms with E-state index in [0.29, 0.717) is 0 Å². The summed E-state index contributed by atoms with van der Waals surface area (Å²) in [7, 11) is -3.46. The second kappa shape index (κ2) is 6.55. The number of hydrogen-bond donors (Lipinski definition) is 0. The first kappa shape index (κ1) is 14.7. The Morgan fingerprint density at radius 3 is 1.89 bits per heavy atom. The van der Waals surface area contributed by atoms with Crippen LogP contribution in [0.3, 0.4) is 0 Å². The van der Waals surface area contributed by atoms with E-state index in [4.69, 9.17) is 0 Å². The molecule has 2 aromatic carbocycles. The van der Waals surface area contributed by atoms with Gasteiger partial charge in [-0.2, -0.15) is 5.56 Å². The molecule has 0 N–H and O–H groups in total. The molecule has 96 valence electrons. The minimum Gasteiger partial charge on any atom is -0.239 e. The molecule has 2 nitrogen and oxygen atoms in total. The van der Waals surface area contributed by atoms with Crippen molar-refractivity contribution < 1.29 is 25.5 Å². The van der Waals surface area contributed by atoms with Gasteiger partial charge in [0.15, 0.2) is 0 Å². The van der Waals surface area contributed by atoms with Crippen molar-refractivity contribution in [1.29, 1.82) is 0 Å². The molecular formula is C14H11CuO2S. The first-order chi connectivity index (χ1) is 8.18. The van der Waals surface area contributed by atoms with Gasteiger partial charge in [-0.15, -0.1) is 17.5 Å². The summed E-state index contributed by atoms with van der Waals surface area (Å²) >= 11 is 0. The molecule has 0 saturated heterocycles. The molecule has 0 unspecified atom stereocenters. The van der Waals surface area contributed by atoms with Crippen LogP contribution in [-0.4, -0.2) is 8.42 Å². The normalized spacial score (nSPS) is 11.1. The van der Waals surface area contributed by atoms with Crippen LogP contribution in [0.1, 0.15) is 5.56 Å². The first-order valence-corrected chi connectivity index (χ1v) is 6.62. The summed E-state index contributed by atoms with van der Waals surface area (Å²) in [5.74, 6) is 0. The van der Waals surface area contributed by atoms with Gasteiger partial charge >= 0.3 is 17.1 Å². The summed E-state index contributed by atoms with van der Waals surface area (Å²) in [4.78, 5) is 0.257. The zero-order valence-electron chi connectivity index (χ0n) is 9.38. The van der Waals surface area contributed by atoms with E-state index in [2.05, 4.69) is 5.41 Å². The molecule has 0 bridgehead atoms. The molecule has 0 saturated carbocycles. The minimum absolute atomic E-state index is 0.